The summed E-state index contributed by atoms with van der Waals surface area (Å²) in [6.45, 7) is 5.33. The van der Waals surface area contributed by atoms with Crippen molar-refractivity contribution in [2.75, 3.05) is 0 Å². The zero-order valence-electron chi connectivity index (χ0n) is 21.6. The number of cyclic esters (lactones) is 1. The topological polar surface area (TPSA) is 97.9 Å². The number of aryl methyl sites for hydroxylation is 3. The Bertz CT molecular complexity index is 1170. The van der Waals surface area contributed by atoms with E-state index in [9.17, 15) is 19.2 Å². The number of ether oxygens (including phenoxy) is 1. The van der Waals surface area contributed by atoms with Gasteiger partial charge < -0.3 is 4.74 Å². The van der Waals surface area contributed by atoms with Gasteiger partial charge in [-0.1, -0.05) is 31.9 Å². The molecule has 2 aromatic rings. The molecule has 1 aromatic carbocycles. The highest BCUT2D eigenvalue weighted by molar-refractivity contribution is 6.01. The number of halogens is 1. The van der Waals surface area contributed by atoms with E-state index in [2.05, 4.69) is 16.2 Å². The molecule has 0 bridgehead atoms. The monoisotopic (exact) mass is 494 g/mol. The molecule has 2 atom stereocenters. The van der Waals surface area contributed by atoms with Gasteiger partial charge in [-0.15, -0.1) is 0 Å². The Kier molecular flexibility index (Phi) is 7.31. The van der Waals surface area contributed by atoms with Gasteiger partial charge >= 0.3 is 5.97 Å². The third-order valence-corrected chi connectivity index (χ3v) is 7.97. The molecule has 1 saturated carbocycles. The molecule has 1 aliphatic carbocycles. The molecule has 8 heteroatoms. The average molecular weight is 495 g/mol. The second-order valence-electron chi connectivity index (χ2n) is 10.8. The van der Waals surface area contributed by atoms with Crippen molar-refractivity contribution < 1.29 is 18.7 Å². The molecule has 1 saturated heterocycles. The highest BCUT2D eigenvalue weighted by Crippen LogP contribution is 2.45. The maximum Gasteiger partial charge on any atom is 0.317 e. The number of hydrogen-bond acceptors (Lipinski definition) is 6. The molecule has 0 amide bonds. The molecule has 7 nitrogen and oxygen atoms in total. The normalized spacial score (nSPS) is 23.1. The Labute approximate surface area is 212 Å². The van der Waals surface area contributed by atoms with Crippen molar-refractivity contribution in [2.45, 2.75) is 89.6 Å². The molecule has 2 unspecified atom stereocenters. The molecule has 1 aromatic heterocycles. The number of rotatable bonds is 8. The number of nitrogens with zero attached hydrogens (tertiary/aromatic N) is 4. The summed E-state index contributed by atoms with van der Waals surface area (Å²) in [5, 5.41) is 13.7. The Morgan fingerprint density at radius 2 is 2.00 bits per heavy atom. The Hall–Kier alpha value is -3.08. The minimum absolute atomic E-state index is 0.114. The summed E-state index contributed by atoms with van der Waals surface area (Å²) in [5.41, 5.74) is -0.666. The maximum atomic E-state index is 14.8. The predicted octanol–water partition coefficient (Wildman–Crippen LogP) is 4.55. The zero-order valence-corrected chi connectivity index (χ0v) is 21.6. The lowest BCUT2D eigenvalue weighted by molar-refractivity contribution is -0.185. The molecule has 192 valence electrons. The van der Waals surface area contributed by atoms with Gasteiger partial charge in [-0.2, -0.15) is 10.4 Å². The van der Waals surface area contributed by atoms with E-state index < -0.39 is 28.7 Å². The molecular formula is C28H35FN4O3. The minimum atomic E-state index is -0.922. The van der Waals surface area contributed by atoms with Crippen LogP contribution in [0.3, 0.4) is 0 Å². The summed E-state index contributed by atoms with van der Waals surface area (Å²) in [6, 6.07) is 7.09. The fourth-order valence-electron chi connectivity index (χ4n) is 5.70. The standard InChI is InChI=1S/C28H35FN4O3/c1-5-24-31-25(33(4)32-24)15-20-23(34)16-28(36-26(20)35,19-8-6-7-9-19)13-12-18-10-11-21(22(29)14-18)27(2,3)17-30/h10-11,14,19-20H,5-9,12-13,15-16H2,1-4H3. The van der Waals surface area contributed by atoms with Crippen LogP contribution in [0, 0.1) is 29.0 Å². The number of benzene rings is 1. The lowest BCUT2D eigenvalue weighted by atomic mass is 9.73. The van der Waals surface area contributed by atoms with Crippen molar-refractivity contribution in [3.8, 4) is 6.07 Å². The van der Waals surface area contributed by atoms with Crippen LogP contribution in [-0.2, 0) is 46.1 Å². The molecular weight excluding hydrogens is 459 g/mol. The van der Waals surface area contributed by atoms with Crippen LogP contribution in [0.5, 0.6) is 0 Å². The van der Waals surface area contributed by atoms with E-state index in [-0.39, 0.29) is 24.5 Å². The molecule has 4 rings (SSSR count). The summed E-state index contributed by atoms with van der Waals surface area (Å²) in [5.74, 6) is -0.493. The van der Waals surface area contributed by atoms with Gasteiger partial charge in [0.15, 0.2) is 11.6 Å². The highest BCUT2D eigenvalue weighted by Gasteiger charge is 2.51. The second kappa shape index (κ2) is 10.1. The lowest BCUT2D eigenvalue weighted by Gasteiger charge is -2.43. The number of aromatic nitrogens is 3. The number of hydrogen-bond donors (Lipinski definition) is 0. The van der Waals surface area contributed by atoms with Gasteiger partial charge in [0.2, 0.25) is 0 Å². The fourth-order valence-corrected chi connectivity index (χ4v) is 5.70. The Balaban J connectivity index is 1.53. The van der Waals surface area contributed by atoms with E-state index in [1.54, 1.807) is 31.6 Å². The number of nitriles is 1. The number of carbonyl (C=O) groups excluding carboxylic acids is 2. The van der Waals surface area contributed by atoms with E-state index in [4.69, 9.17) is 4.74 Å². The summed E-state index contributed by atoms with van der Waals surface area (Å²) in [7, 11) is 1.77. The van der Waals surface area contributed by atoms with Crippen LogP contribution in [0.15, 0.2) is 18.2 Å². The fraction of sp³-hybridized carbons (Fsp3) is 0.607. The number of ketones is 1. The van der Waals surface area contributed by atoms with Crippen molar-refractivity contribution >= 4 is 11.8 Å². The molecule has 1 aliphatic heterocycles. The van der Waals surface area contributed by atoms with E-state index in [1.165, 1.54) is 6.07 Å². The van der Waals surface area contributed by atoms with Crippen molar-refractivity contribution in [1.82, 2.24) is 14.8 Å². The van der Waals surface area contributed by atoms with Crippen molar-refractivity contribution in [1.29, 1.82) is 5.26 Å². The second-order valence-corrected chi connectivity index (χ2v) is 10.8. The number of esters is 1. The first-order chi connectivity index (χ1) is 17.1. The molecule has 0 spiro atoms. The summed E-state index contributed by atoms with van der Waals surface area (Å²) < 4.78 is 22.6. The summed E-state index contributed by atoms with van der Waals surface area (Å²) in [4.78, 5) is 31.1. The van der Waals surface area contributed by atoms with Gasteiger partial charge in [0.25, 0.3) is 0 Å². The van der Waals surface area contributed by atoms with Crippen LogP contribution < -0.4 is 0 Å². The predicted molar refractivity (Wildman–Crippen MR) is 131 cm³/mol. The molecule has 36 heavy (non-hydrogen) atoms. The summed E-state index contributed by atoms with van der Waals surface area (Å²) in [6.07, 6.45) is 5.91. The highest BCUT2D eigenvalue weighted by atomic mass is 19.1. The number of Topliss-reactive ketones (excluding diaryl/α,β-unsaturated/α-hetero) is 1. The van der Waals surface area contributed by atoms with Gasteiger partial charge in [0, 0.05) is 31.9 Å². The van der Waals surface area contributed by atoms with Crippen molar-refractivity contribution in [3.63, 3.8) is 0 Å². The van der Waals surface area contributed by atoms with Crippen molar-refractivity contribution in [3.05, 3.63) is 46.8 Å². The van der Waals surface area contributed by atoms with Crippen LogP contribution >= 0.6 is 0 Å². The Morgan fingerprint density at radius 3 is 2.58 bits per heavy atom. The lowest BCUT2D eigenvalue weighted by Crippen LogP contribution is -2.52. The smallest absolute Gasteiger partial charge is 0.317 e. The van der Waals surface area contributed by atoms with Crippen LogP contribution in [0.4, 0.5) is 4.39 Å². The maximum absolute atomic E-state index is 14.8. The summed E-state index contributed by atoms with van der Waals surface area (Å²) >= 11 is 0. The largest absolute Gasteiger partial charge is 0.458 e. The third-order valence-electron chi connectivity index (χ3n) is 7.97. The third kappa shape index (κ3) is 5.07. The first-order valence-electron chi connectivity index (χ1n) is 12.9. The van der Waals surface area contributed by atoms with Gasteiger partial charge in [-0.3, -0.25) is 14.3 Å². The quantitative estimate of drug-likeness (QED) is 0.394. The zero-order chi connectivity index (χ0) is 26.1. The van der Waals surface area contributed by atoms with Gasteiger partial charge in [-0.25, -0.2) is 9.37 Å². The SMILES string of the molecule is CCc1nc(CC2C(=O)CC(CCc3ccc(C(C)(C)C#N)c(F)c3)(C3CCCC3)OC2=O)n(C)n1. The molecule has 2 aliphatic rings. The first-order valence-corrected chi connectivity index (χ1v) is 12.9. The van der Waals surface area contributed by atoms with E-state index in [0.717, 1.165) is 31.2 Å². The van der Waals surface area contributed by atoms with E-state index in [0.29, 0.717) is 36.5 Å². The van der Waals surface area contributed by atoms with Crippen LogP contribution in [0.2, 0.25) is 0 Å². The van der Waals surface area contributed by atoms with E-state index >= 15 is 0 Å². The van der Waals surface area contributed by atoms with Crippen molar-refractivity contribution in [2.24, 2.45) is 18.9 Å². The van der Waals surface area contributed by atoms with Crippen LogP contribution in [0.1, 0.15) is 82.1 Å². The van der Waals surface area contributed by atoms with Gasteiger partial charge in [0.05, 0.1) is 11.5 Å². The molecule has 0 radical (unpaired) electrons. The molecule has 2 heterocycles. The molecule has 0 N–H and O–H groups in total. The Morgan fingerprint density at radius 1 is 1.28 bits per heavy atom. The first kappa shape index (κ1) is 26.0. The van der Waals surface area contributed by atoms with Gasteiger partial charge in [0.1, 0.15) is 23.2 Å². The minimum Gasteiger partial charge on any atom is -0.458 e. The van der Waals surface area contributed by atoms with Crippen LogP contribution in [0.25, 0.3) is 0 Å². The van der Waals surface area contributed by atoms with Gasteiger partial charge in [-0.05, 0) is 57.1 Å². The average Bonchev–Trinajstić information content (AvgIpc) is 3.50. The van der Waals surface area contributed by atoms with Crippen LogP contribution in [-0.4, -0.2) is 32.1 Å². The van der Waals surface area contributed by atoms with E-state index in [1.807, 2.05) is 13.0 Å². The molecule has 2 fully saturated rings. The number of carbonyl (C=O) groups is 2.